The molecule has 7 heteroatoms. The molecule has 6 nitrogen and oxygen atoms in total. The molecule has 2 rings (SSSR count). The first-order valence-electron chi connectivity index (χ1n) is 6.70. The summed E-state index contributed by atoms with van der Waals surface area (Å²) in [7, 11) is 0. The van der Waals surface area contributed by atoms with E-state index < -0.39 is 12.0 Å². The maximum Gasteiger partial charge on any atom is 0.338 e. The summed E-state index contributed by atoms with van der Waals surface area (Å²) in [4.78, 5) is 16.6. The highest BCUT2D eigenvalue weighted by molar-refractivity contribution is 6.30. The van der Waals surface area contributed by atoms with Crippen LogP contribution in [0.1, 0.15) is 25.5 Å². The van der Waals surface area contributed by atoms with E-state index in [9.17, 15) is 4.79 Å². The maximum atomic E-state index is 12.2. The Morgan fingerprint density at radius 3 is 3.00 bits per heavy atom. The number of aliphatic imine (C=N–C) groups is 1. The summed E-state index contributed by atoms with van der Waals surface area (Å²) < 4.78 is 5.10. The van der Waals surface area contributed by atoms with Gasteiger partial charge in [-0.05, 0) is 31.5 Å². The minimum atomic E-state index is -0.588. The van der Waals surface area contributed by atoms with Crippen molar-refractivity contribution in [2.75, 3.05) is 6.61 Å². The second-order valence-electron chi connectivity index (χ2n) is 4.56. The van der Waals surface area contributed by atoms with Crippen molar-refractivity contribution in [1.82, 2.24) is 10.6 Å². The van der Waals surface area contributed by atoms with Crippen molar-refractivity contribution in [3.63, 3.8) is 0 Å². The standard InChI is InChI=1S/C15H15ClN4O2/c1-3-22-14(21)12-9(2)19-15(18-8-17)20-13(12)10-5-4-6-11(16)7-10/h4-7,13H,3H2,1-2H3,(H2,18,19,20). The molecule has 2 N–H and O–H groups in total. The van der Waals surface area contributed by atoms with Gasteiger partial charge in [-0.1, -0.05) is 23.7 Å². The molecule has 1 unspecified atom stereocenters. The van der Waals surface area contributed by atoms with Crippen LogP contribution >= 0.6 is 11.6 Å². The fraction of sp³-hybridized carbons (Fsp3) is 0.267. The highest BCUT2D eigenvalue weighted by atomic mass is 35.5. The number of guanidine groups is 1. The van der Waals surface area contributed by atoms with Crippen LogP contribution in [0.4, 0.5) is 0 Å². The lowest BCUT2D eigenvalue weighted by atomic mass is 9.96. The number of ether oxygens (including phenoxy) is 1. The van der Waals surface area contributed by atoms with Gasteiger partial charge in [-0.2, -0.15) is 5.26 Å². The van der Waals surface area contributed by atoms with E-state index in [1.165, 1.54) is 0 Å². The Hall–Kier alpha value is -2.52. The quantitative estimate of drug-likeness (QED) is 0.507. The first-order valence-corrected chi connectivity index (χ1v) is 7.08. The molecule has 114 valence electrons. The van der Waals surface area contributed by atoms with Gasteiger partial charge in [0.1, 0.15) is 6.04 Å². The number of benzene rings is 1. The van der Waals surface area contributed by atoms with Crippen LogP contribution in [-0.2, 0) is 9.53 Å². The number of rotatable bonds is 3. The lowest BCUT2D eigenvalue weighted by Gasteiger charge is -2.25. The number of esters is 1. The largest absolute Gasteiger partial charge is 0.463 e. The number of carbonyl (C=O) groups is 1. The monoisotopic (exact) mass is 318 g/mol. The van der Waals surface area contributed by atoms with Gasteiger partial charge in [-0.25, -0.2) is 9.79 Å². The van der Waals surface area contributed by atoms with Crippen LogP contribution in [0.15, 0.2) is 40.5 Å². The molecular weight excluding hydrogens is 304 g/mol. The van der Waals surface area contributed by atoms with E-state index in [1.54, 1.807) is 38.2 Å². The van der Waals surface area contributed by atoms with Gasteiger partial charge in [-0.15, -0.1) is 0 Å². The number of hydrogen-bond donors (Lipinski definition) is 2. The third-order valence-corrected chi connectivity index (χ3v) is 3.31. The number of nitrogens with zero attached hydrogens (tertiary/aromatic N) is 2. The Bertz CT molecular complexity index is 691. The van der Waals surface area contributed by atoms with Crippen molar-refractivity contribution < 1.29 is 9.53 Å². The van der Waals surface area contributed by atoms with Crippen LogP contribution in [0.25, 0.3) is 0 Å². The Labute approximate surface area is 133 Å². The number of nitrogens with one attached hydrogen (secondary N) is 2. The second kappa shape index (κ2) is 6.96. The molecule has 0 bridgehead atoms. The number of carbonyl (C=O) groups excluding carboxylic acids is 1. The van der Waals surface area contributed by atoms with Crippen LogP contribution in [0.5, 0.6) is 0 Å². The lowest BCUT2D eigenvalue weighted by molar-refractivity contribution is -0.138. The molecule has 1 atom stereocenters. The van der Waals surface area contributed by atoms with E-state index in [2.05, 4.69) is 15.6 Å². The predicted octanol–water partition coefficient (Wildman–Crippen LogP) is 2.25. The number of allylic oxidation sites excluding steroid dienone is 1. The van der Waals surface area contributed by atoms with Gasteiger partial charge < -0.3 is 10.1 Å². The zero-order chi connectivity index (χ0) is 16.1. The minimum Gasteiger partial charge on any atom is -0.463 e. The molecule has 0 radical (unpaired) electrons. The van der Waals surface area contributed by atoms with Gasteiger partial charge in [0.05, 0.1) is 12.2 Å². The molecule has 0 fully saturated rings. The van der Waals surface area contributed by atoms with Crippen LogP contribution < -0.4 is 10.6 Å². The summed E-state index contributed by atoms with van der Waals surface area (Å²) in [6.07, 6.45) is 1.80. The first-order chi connectivity index (χ1) is 10.6. The zero-order valence-electron chi connectivity index (χ0n) is 12.2. The summed E-state index contributed by atoms with van der Waals surface area (Å²) in [5.41, 5.74) is 1.72. The molecule has 0 aromatic heterocycles. The van der Waals surface area contributed by atoms with Crippen molar-refractivity contribution in [3.05, 3.63) is 46.1 Å². The highest BCUT2D eigenvalue weighted by Gasteiger charge is 2.30. The van der Waals surface area contributed by atoms with E-state index in [0.717, 1.165) is 5.56 Å². The molecule has 1 aromatic carbocycles. The molecule has 0 amide bonds. The highest BCUT2D eigenvalue weighted by Crippen LogP contribution is 2.32. The number of hydrogen-bond acceptors (Lipinski definition) is 6. The average Bonchev–Trinajstić information content (AvgIpc) is 2.47. The van der Waals surface area contributed by atoms with E-state index in [1.807, 2.05) is 6.07 Å². The van der Waals surface area contributed by atoms with Gasteiger partial charge in [0, 0.05) is 10.7 Å². The summed E-state index contributed by atoms with van der Waals surface area (Å²) in [6, 6.07) is 6.49. The molecule has 0 spiro atoms. The van der Waals surface area contributed by atoms with Crippen molar-refractivity contribution in [3.8, 4) is 6.19 Å². The predicted molar refractivity (Wildman–Crippen MR) is 82.8 cm³/mol. The summed E-state index contributed by atoms with van der Waals surface area (Å²) in [5.74, 6) is -0.171. The lowest BCUT2D eigenvalue weighted by Crippen LogP contribution is -2.39. The SMILES string of the molecule is CCOC(=O)C1=C(C)NC(NC#N)=NC1c1cccc(Cl)c1. The topological polar surface area (TPSA) is 86.5 Å². The second-order valence-corrected chi connectivity index (χ2v) is 4.99. The van der Waals surface area contributed by atoms with Crippen molar-refractivity contribution >= 4 is 23.5 Å². The van der Waals surface area contributed by atoms with E-state index in [0.29, 0.717) is 16.3 Å². The molecule has 1 heterocycles. The number of halogens is 1. The average molecular weight is 319 g/mol. The normalized spacial score (nSPS) is 17.2. The molecule has 1 aliphatic heterocycles. The third-order valence-electron chi connectivity index (χ3n) is 3.08. The number of nitriles is 1. The Morgan fingerprint density at radius 2 is 2.36 bits per heavy atom. The van der Waals surface area contributed by atoms with Gasteiger partial charge in [0.2, 0.25) is 5.96 Å². The van der Waals surface area contributed by atoms with Crippen LogP contribution in [-0.4, -0.2) is 18.5 Å². The molecule has 1 aliphatic rings. The first kappa shape index (κ1) is 15.9. The minimum absolute atomic E-state index is 0.269. The van der Waals surface area contributed by atoms with Gasteiger partial charge >= 0.3 is 5.97 Å². The van der Waals surface area contributed by atoms with Crippen molar-refractivity contribution in [2.24, 2.45) is 4.99 Å². The Kier molecular flexibility index (Phi) is 5.02. The van der Waals surface area contributed by atoms with E-state index >= 15 is 0 Å². The van der Waals surface area contributed by atoms with E-state index in [4.69, 9.17) is 21.6 Å². The Balaban J connectivity index is 2.48. The summed E-state index contributed by atoms with van der Waals surface area (Å²) in [5, 5.41) is 14.6. The molecule has 0 saturated heterocycles. The van der Waals surface area contributed by atoms with Gasteiger partial charge in [0.25, 0.3) is 0 Å². The maximum absolute atomic E-state index is 12.2. The fourth-order valence-electron chi connectivity index (χ4n) is 2.18. The third kappa shape index (κ3) is 3.38. The zero-order valence-corrected chi connectivity index (χ0v) is 12.9. The molecule has 22 heavy (non-hydrogen) atoms. The van der Waals surface area contributed by atoms with Crippen molar-refractivity contribution in [2.45, 2.75) is 19.9 Å². The van der Waals surface area contributed by atoms with E-state index in [-0.39, 0.29) is 12.6 Å². The fourth-order valence-corrected chi connectivity index (χ4v) is 2.38. The molecule has 0 saturated carbocycles. The van der Waals surface area contributed by atoms with Crippen LogP contribution in [0.2, 0.25) is 5.02 Å². The molecule has 1 aromatic rings. The summed E-state index contributed by atoms with van der Waals surface area (Å²) >= 11 is 6.02. The molecule has 0 aliphatic carbocycles. The molecular formula is C15H15ClN4O2. The van der Waals surface area contributed by atoms with Gasteiger partial charge in [0.15, 0.2) is 6.19 Å². The smallest absolute Gasteiger partial charge is 0.338 e. The van der Waals surface area contributed by atoms with Crippen LogP contribution in [0, 0.1) is 11.5 Å². The van der Waals surface area contributed by atoms with Crippen LogP contribution in [0.3, 0.4) is 0 Å². The van der Waals surface area contributed by atoms with Gasteiger partial charge in [-0.3, -0.25) is 5.32 Å². The van der Waals surface area contributed by atoms with Crippen molar-refractivity contribution in [1.29, 1.82) is 5.26 Å². The Morgan fingerprint density at radius 1 is 1.59 bits per heavy atom. The summed E-state index contributed by atoms with van der Waals surface area (Å²) in [6.45, 7) is 3.74.